The molecule has 0 radical (unpaired) electrons. The van der Waals surface area contributed by atoms with Gasteiger partial charge in [-0.05, 0) is 26.8 Å². The monoisotopic (exact) mass is 268 g/mol. The molecular formula is C12H16N2O3S. The summed E-state index contributed by atoms with van der Waals surface area (Å²) in [4.78, 5) is 12.3. The lowest BCUT2D eigenvalue weighted by molar-refractivity contribution is 0.0483. The number of rotatable bonds is 3. The summed E-state index contributed by atoms with van der Waals surface area (Å²) in [6.45, 7) is 5.04. The second kappa shape index (κ2) is 5.85. The highest BCUT2D eigenvalue weighted by Crippen LogP contribution is 2.22. The van der Waals surface area contributed by atoms with Crippen molar-refractivity contribution in [2.24, 2.45) is 0 Å². The average molecular weight is 268 g/mol. The summed E-state index contributed by atoms with van der Waals surface area (Å²) < 4.78 is 5.10. The third-order valence-electron chi connectivity index (χ3n) is 1.97. The van der Waals surface area contributed by atoms with E-state index in [1.165, 1.54) is 11.3 Å². The Morgan fingerprint density at radius 1 is 1.67 bits per heavy atom. The SMILES string of the molecule is CC(C)(C)OC(=O)NC(CO)c1cc(C#N)cs1. The summed E-state index contributed by atoms with van der Waals surface area (Å²) in [6, 6.07) is 3.10. The smallest absolute Gasteiger partial charge is 0.408 e. The number of amides is 1. The molecule has 0 aliphatic carbocycles. The van der Waals surface area contributed by atoms with E-state index < -0.39 is 17.7 Å². The molecule has 1 heterocycles. The molecule has 0 saturated carbocycles. The van der Waals surface area contributed by atoms with Crippen molar-refractivity contribution in [1.29, 1.82) is 5.26 Å². The van der Waals surface area contributed by atoms with Gasteiger partial charge in [0.05, 0.1) is 18.2 Å². The summed E-state index contributed by atoms with van der Waals surface area (Å²) in [5.74, 6) is 0. The van der Waals surface area contributed by atoms with Gasteiger partial charge in [-0.3, -0.25) is 0 Å². The number of aliphatic hydroxyl groups is 1. The maximum Gasteiger partial charge on any atom is 0.408 e. The molecule has 1 unspecified atom stereocenters. The fourth-order valence-electron chi connectivity index (χ4n) is 1.25. The van der Waals surface area contributed by atoms with Crippen LogP contribution in [0.4, 0.5) is 4.79 Å². The highest BCUT2D eigenvalue weighted by Gasteiger charge is 2.21. The maximum absolute atomic E-state index is 11.6. The largest absolute Gasteiger partial charge is 0.444 e. The van der Waals surface area contributed by atoms with Crippen LogP contribution in [0.3, 0.4) is 0 Å². The Balaban J connectivity index is 2.68. The van der Waals surface area contributed by atoms with Gasteiger partial charge in [0.2, 0.25) is 0 Å². The number of nitrogens with zero attached hydrogens (tertiary/aromatic N) is 1. The van der Waals surface area contributed by atoms with E-state index in [2.05, 4.69) is 5.32 Å². The van der Waals surface area contributed by atoms with Crippen LogP contribution in [0.25, 0.3) is 0 Å². The Morgan fingerprint density at radius 3 is 2.78 bits per heavy atom. The van der Waals surface area contributed by atoms with Gasteiger partial charge in [0.25, 0.3) is 0 Å². The van der Waals surface area contributed by atoms with Crippen LogP contribution in [0.5, 0.6) is 0 Å². The topological polar surface area (TPSA) is 82.3 Å². The van der Waals surface area contributed by atoms with Crippen LogP contribution < -0.4 is 5.32 Å². The van der Waals surface area contributed by atoms with Crippen molar-refractivity contribution in [2.45, 2.75) is 32.4 Å². The van der Waals surface area contributed by atoms with Gasteiger partial charge in [-0.2, -0.15) is 5.26 Å². The molecule has 1 aromatic rings. The number of ether oxygens (including phenoxy) is 1. The van der Waals surface area contributed by atoms with Crippen molar-refractivity contribution < 1.29 is 14.6 Å². The lowest BCUT2D eigenvalue weighted by Gasteiger charge is -2.22. The molecule has 0 bridgehead atoms. The van der Waals surface area contributed by atoms with Gasteiger partial charge < -0.3 is 15.2 Å². The number of carbonyl (C=O) groups excluding carboxylic acids is 1. The number of carbonyl (C=O) groups is 1. The second-order valence-corrected chi connectivity index (χ2v) is 5.67. The molecule has 0 fully saturated rings. The number of aliphatic hydroxyl groups excluding tert-OH is 1. The number of alkyl carbamates (subject to hydrolysis) is 1. The van der Waals surface area contributed by atoms with Crippen LogP contribution in [0.1, 0.15) is 37.3 Å². The molecule has 0 aliphatic rings. The Morgan fingerprint density at radius 2 is 2.33 bits per heavy atom. The Labute approximate surface area is 110 Å². The number of thiophene rings is 1. The molecule has 0 spiro atoms. The zero-order chi connectivity index (χ0) is 13.8. The number of hydrogen-bond acceptors (Lipinski definition) is 5. The predicted octanol–water partition coefficient (Wildman–Crippen LogP) is 2.18. The van der Waals surface area contributed by atoms with Gasteiger partial charge >= 0.3 is 6.09 Å². The molecule has 0 aromatic carbocycles. The summed E-state index contributed by atoms with van der Waals surface area (Å²) in [6.07, 6.45) is -0.589. The van der Waals surface area contributed by atoms with E-state index in [0.29, 0.717) is 5.56 Å². The van der Waals surface area contributed by atoms with Crippen LogP contribution in [0.15, 0.2) is 11.4 Å². The lowest BCUT2D eigenvalue weighted by atomic mass is 10.2. The van der Waals surface area contributed by atoms with Crippen LogP contribution >= 0.6 is 11.3 Å². The van der Waals surface area contributed by atoms with Crippen LogP contribution in [0.2, 0.25) is 0 Å². The predicted molar refractivity (Wildman–Crippen MR) is 68.2 cm³/mol. The van der Waals surface area contributed by atoms with Crippen molar-refractivity contribution in [3.8, 4) is 6.07 Å². The minimum absolute atomic E-state index is 0.245. The van der Waals surface area contributed by atoms with E-state index in [1.54, 1.807) is 32.2 Å². The molecule has 98 valence electrons. The first-order valence-electron chi connectivity index (χ1n) is 5.44. The molecule has 6 heteroatoms. The van der Waals surface area contributed by atoms with Crippen LogP contribution in [-0.4, -0.2) is 23.4 Å². The molecule has 1 atom stereocenters. The second-order valence-electron chi connectivity index (χ2n) is 4.73. The normalized spacial score (nSPS) is 12.6. The summed E-state index contributed by atoms with van der Waals surface area (Å²) >= 11 is 1.31. The summed E-state index contributed by atoms with van der Waals surface area (Å²) in [5, 5.41) is 22.2. The van der Waals surface area contributed by atoms with Crippen molar-refractivity contribution in [3.05, 3.63) is 21.9 Å². The Kier molecular flexibility index (Phi) is 4.70. The minimum atomic E-state index is -0.589. The van der Waals surface area contributed by atoms with Gasteiger partial charge in [-0.15, -0.1) is 11.3 Å². The first kappa shape index (κ1) is 14.5. The molecule has 5 nitrogen and oxygen atoms in total. The number of nitrogens with one attached hydrogen (secondary N) is 1. The van der Waals surface area contributed by atoms with Crippen molar-refractivity contribution in [2.75, 3.05) is 6.61 Å². The first-order valence-corrected chi connectivity index (χ1v) is 6.32. The molecule has 1 rings (SSSR count). The van der Waals surface area contributed by atoms with Crippen LogP contribution in [0, 0.1) is 11.3 Å². The molecule has 1 amide bonds. The van der Waals surface area contributed by atoms with Crippen LogP contribution in [-0.2, 0) is 4.74 Å². The minimum Gasteiger partial charge on any atom is -0.444 e. The molecule has 2 N–H and O–H groups in total. The fourth-order valence-corrected chi connectivity index (χ4v) is 2.13. The zero-order valence-electron chi connectivity index (χ0n) is 10.6. The van der Waals surface area contributed by atoms with E-state index in [1.807, 2.05) is 6.07 Å². The standard InChI is InChI=1S/C12H16N2O3S/c1-12(2,3)17-11(16)14-9(6-15)10-4-8(5-13)7-18-10/h4,7,9,15H,6H2,1-3H3,(H,14,16). The highest BCUT2D eigenvalue weighted by molar-refractivity contribution is 7.10. The molecule has 18 heavy (non-hydrogen) atoms. The third kappa shape index (κ3) is 4.35. The summed E-state index contributed by atoms with van der Waals surface area (Å²) in [5.41, 5.74) is -0.0726. The van der Waals surface area contributed by atoms with Gasteiger partial charge in [0.15, 0.2) is 0 Å². The van der Waals surface area contributed by atoms with E-state index in [-0.39, 0.29) is 6.61 Å². The fraction of sp³-hybridized carbons (Fsp3) is 0.500. The van der Waals surface area contributed by atoms with Crippen molar-refractivity contribution in [1.82, 2.24) is 5.32 Å². The average Bonchev–Trinajstić information content (AvgIpc) is 2.71. The van der Waals surface area contributed by atoms with E-state index >= 15 is 0 Å². The van der Waals surface area contributed by atoms with Gasteiger partial charge in [0, 0.05) is 10.3 Å². The van der Waals surface area contributed by atoms with Gasteiger partial charge in [0.1, 0.15) is 11.7 Å². The Hall–Kier alpha value is -1.58. The number of hydrogen-bond donors (Lipinski definition) is 2. The van der Waals surface area contributed by atoms with E-state index in [0.717, 1.165) is 4.88 Å². The molecule has 0 saturated heterocycles. The molecule has 1 aromatic heterocycles. The van der Waals surface area contributed by atoms with Crippen molar-refractivity contribution in [3.63, 3.8) is 0 Å². The highest BCUT2D eigenvalue weighted by atomic mass is 32.1. The first-order chi connectivity index (χ1) is 8.35. The third-order valence-corrected chi connectivity index (χ3v) is 3.01. The Bertz CT molecular complexity index is 457. The summed E-state index contributed by atoms with van der Waals surface area (Å²) in [7, 11) is 0. The van der Waals surface area contributed by atoms with Gasteiger partial charge in [-0.1, -0.05) is 0 Å². The zero-order valence-corrected chi connectivity index (χ0v) is 11.4. The lowest BCUT2D eigenvalue weighted by Crippen LogP contribution is -2.35. The van der Waals surface area contributed by atoms with Gasteiger partial charge in [-0.25, -0.2) is 4.79 Å². The maximum atomic E-state index is 11.6. The molecule has 0 aliphatic heterocycles. The quantitative estimate of drug-likeness (QED) is 0.880. The van der Waals surface area contributed by atoms with E-state index in [9.17, 15) is 9.90 Å². The number of nitriles is 1. The van der Waals surface area contributed by atoms with Crippen molar-refractivity contribution >= 4 is 17.4 Å². The molecular weight excluding hydrogens is 252 g/mol. The van der Waals surface area contributed by atoms with E-state index in [4.69, 9.17) is 10.00 Å².